The lowest BCUT2D eigenvalue weighted by Gasteiger charge is -2.20. The SMILES string of the molecule is CC(C)=CCC/C(C)=C\CO[C@@H](Cn1ccnc1)c1ccc(Cl)cc1Cl. The Morgan fingerprint density at radius 2 is 2.04 bits per heavy atom. The van der Waals surface area contributed by atoms with Gasteiger partial charge in [-0.2, -0.15) is 0 Å². The first-order chi connectivity index (χ1) is 12.5. The first kappa shape index (κ1) is 20.8. The maximum absolute atomic E-state index is 6.39. The first-order valence-corrected chi connectivity index (χ1v) is 9.52. The lowest BCUT2D eigenvalue weighted by molar-refractivity contribution is 0.0603. The van der Waals surface area contributed by atoms with Crippen LogP contribution in [-0.4, -0.2) is 16.2 Å². The van der Waals surface area contributed by atoms with Crippen LogP contribution in [0.2, 0.25) is 10.0 Å². The Morgan fingerprint density at radius 1 is 1.23 bits per heavy atom. The van der Waals surface area contributed by atoms with Gasteiger partial charge in [0.15, 0.2) is 0 Å². The van der Waals surface area contributed by atoms with Crippen molar-refractivity contribution in [2.75, 3.05) is 6.61 Å². The van der Waals surface area contributed by atoms with E-state index in [-0.39, 0.29) is 6.10 Å². The molecule has 0 bridgehead atoms. The summed E-state index contributed by atoms with van der Waals surface area (Å²) in [5.74, 6) is 0. The van der Waals surface area contributed by atoms with Crippen molar-refractivity contribution >= 4 is 23.2 Å². The van der Waals surface area contributed by atoms with Gasteiger partial charge in [0.1, 0.15) is 6.10 Å². The van der Waals surface area contributed by atoms with Crippen LogP contribution in [0.5, 0.6) is 0 Å². The molecule has 1 heterocycles. The summed E-state index contributed by atoms with van der Waals surface area (Å²) in [5, 5.41) is 1.24. The summed E-state index contributed by atoms with van der Waals surface area (Å²) in [6, 6.07) is 5.52. The molecule has 0 aliphatic heterocycles. The number of imidazole rings is 1. The van der Waals surface area contributed by atoms with Gasteiger partial charge in [-0.1, -0.05) is 52.6 Å². The zero-order valence-electron chi connectivity index (χ0n) is 15.6. The van der Waals surface area contributed by atoms with Crippen molar-refractivity contribution < 1.29 is 4.74 Å². The summed E-state index contributed by atoms with van der Waals surface area (Å²) in [7, 11) is 0. The topological polar surface area (TPSA) is 27.1 Å². The van der Waals surface area contributed by atoms with Crippen LogP contribution < -0.4 is 0 Å². The Morgan fingerprint density at radius 3 is 2.69 bits per heavy atom. The lowest BCUT2D eigenvalue weighted by atomic mass is 10.1. The molecular formula is C21H26Cl2N2O. The standard InChI is InChI=1S/C21H26Cl2N2O/c1-16(2)5-4-6-17(3)9-12-26-21(14-25-11-10-24-15-25)19-8-7-18(22)13-20(19)23/h5,7-11,13,15,21H,4,6,12,14H2,1-3H3/b17-9-/t21-/m0/s1. The van der Waals surface area contributed by atoms with E-state index >= 15 is 0 Å². The molecular weight excluding hydrogens is 367 g/mol. The highest BCUT2D eigenvalue weighted by atomic mass is 35.5. The lowest BCUT2D eigenvalue weighted by Crippen LogP contribution is -2.13. The molecule has 2 rings (SSSR count). The highest BCUT2D eigenvalue weighted by molar-refractivity contribution is 6.35. The number of halogens is 2. The fourth-order valence-corrected chi connectivity index (χ4v) is 3.12. The highest BCUT2D eigenvalue weighted by Crippen LogP contribution is 2.29. The second-order valence-corrected chi connectivity index (χ2v) is 7.46. The summed E-state index contributed by atoms with van der Waals surface area (Å²) in [4.78, 5) is 4.10. The summed E-state index contributed by atoms with van der Waals surface area (Å²) in [6.07, 6.45) is 11.8. The number of ether oxygens (including phenoxy) is 1. The van der Waals surface area contributed by atoms with E-state index in [1.165, 1.54) is 11.1 Å². The van der Waals surface area contributed by atoms with Gasteiger partial charge in [0.2, 0.25) is 0 Å². The molecule has 0 radical (unpaired) electrons. The third-order valence-corrected chi connectivity index (χ3v) is 4.63. The van der Waals surface area contributed by atoms with Crippen LogP contribution in [0, 0.1) is 0 Å². The molecule has 1 aromatic heterocycles. The summed E-state index contributed by atoms with van der Waals surface area (Å²) in [6.45, 7) is 7.57. The van der Waals surface area contributed by atoms with Crippen molar-refractivity contribution in [1.29, 1.82) is 0 Å². The molecule has 26 heavy (non-hydrogen) atoms. The summed E-state index contributed by atoms with van der Waals surface area (Å²) < 4.78 is 8.14. The molecule has 0 fully saturated rings. The molecule has 0 N–H and O–H groups in total. The van der Waals surface area contributed by atoms with E-state index in [9.17, 15) is 0 Å². The van der Waals surface area contributed by atoms with E-state index < -0.39 is 0 Å². The molecule has 0 unspecified atom stereocenters. The minimum atomic E-state index is -0.171. The Bertz CT molecular complexity index is 747. The number of allylic oxidation sites excluding steroid dienone is 3. The molecule has 5 heteroatoms. The van der Waals surface area contributed by atoms with E-state index in [0.29, 0.717) is 23.2 Å². The summed E-state index contributed by atoms with van der Waals surface area (Å²) >= 11 is 12.4. The van der Waals surface area contributed by atoms with Crippen molar-refractivity contribution in [3.63, 3.8) is 0 Å². The van der Waals surface area contributed by atoms with Crippen molar-refractivity contribution in [3.8, 4) is 0 Å². The van der Waals surface area contributed by atoms with Gasteiger partial charge in [0, 0.05) is 28.0 Å². The predicted molar refractivity (Wildman–Crippen MR) is 110 cm³/mol. The normalized spacial score (nSPS) is 12.9. The maximum Gasteiger partial charge on any atom is 0.102 e. The smallest absolute Gasteiger partial charge is 0.102 e. The number of hydrogen-bond donors (Lipinski definition) is 0. The second-order valence-electron chi connectivity index (χ2n) is 6.62. The minimum Gasteiger partial charge on any atom is -0.368 e. The van der Waals surface area contributed by atoms with Crippen molar-refractivity contribution in [3.05, 3.63) is 75.8 Å². The third kappa shape index (κ3) is 6.99. The maximum atomic E-state index is 6.39. The Hall–Kier alpha value is -1.55. The van der Waals surface area contributed by atoms with Gasteiger partial charge in [0.25, 0.3) is 0 Å². The number of benzene rings is 1. The largest absolute Gasteiger partial charge is 0.368 e. The quantitative estimate of drug-likeness (QED) is 0.447. The van der Waals surface area contributed by atoms with Crippen LogP contribution in [0.3, 0.4) is 0 Å². The van der Waals surface area contributed by atoms with Crippen molar-refractivity contribution in [2.45, 2.75) is 46.3 Å². The molecule has 0 amide bonds. The molecule has 0 saturated heterocycles. The Labute approximate surface area is 166 Å². The van der Waals surface area contributed by atoms with Crippen LogP contribution in [-0.2, 0) is 11.3 Å². The van der Waals surface area contributed by atoms with Crippen LogP contribution >= 0.6 is 23.2 Å². The third-order valence-electron chi connectivity index (χ3n) is 4.07. The molecule has 0 aliphatic carbocycles. The average molecular weight is 393 g/mol. The number of nitrogens with zero attached hydrogens (tertiary/aromatic N) is 2. The van der Waals surface area contributed by atoms with Crippen molar-refractivity contribution in [2.24, 2.45) is 0 Å². The Balaban J connectivity index is 2.03. The highest BCUT2D eigenvalue weighted by Gasteiger charge is 2.16. The zero-order valence-corrected chi connectivity index (χ0v) is 17.1. The molecule has 0 saturated carbocycles. The van der Waals surface area contributed by atoms with Crippen molar-refractivity contribution in [1.82, 2.24) is 9.55 Å². The Kier molecular flexibility index (Phi) is 8.43. The molecule has 1 aromatic carbocycles. The molecule has 0 spiro atoms. The van der Waals surface area contributed by atoms with E-state index in [2.05, 4.69) is 37.9 Å². The van der Waals surface area contributed by atoms with Gasteiger partial charge in [-0.3, -0.25) is 0 Å². The molecule has 3 nitrogen and oxygen atoms in total. The van der Waals surface area contributed by atoms with Crippen LogP contribution in [0.1, 0.15) is 45.3 Å². The molecule has 1 atom stereocenters. The number of rotatable bonds is 9. The molecule has 2 aromatic rings. The van der Waals surface area contributed by atoms with Gasteiger partial charge < -0.3 is 9.30 Å². The van der Waals surface area contributed by atoms with E-state index in [1.807, 2.05) is 22.9 Å². The van der Waals surface area contributed by atoms with E-state index in [0.717, 1.165) is 18.4 Å². The average Bonchev–Trinajstić information content (AvgIpc) is 3.07. The van der Waals surface area contributed by atoms with Gasteiger partial charge in [-0.15, -0.1) is 0 Å². The van der Waals surface area contributed by atoms with E-state index in [1.54, 1.807) is 18.6 Å². The predicted octanol–water partition coefficient (Wildman–Crippen LogP) is 6.64. The monoisotopic (exact) mass is 392 g/mol. The van der Waals surface area contributed by atoms with Gasteiger partial charge in [0.05, 0.1) is 19.5 Å². The van der Waals surface area contributed by atoms with Gasteiger partial charge >= 0.3 is 0 Å². The van der Waals surface area contributed by atoms with Crippen LogP contribution in [0.15, 0.2) is 60.2 Å². The fourth-order valence-electron chi connectivity index (χ4n) is 2.59. The van der Waals surface area contributed by atoms with Crippen LogP contribution in [0.25, 0.3) is 0 Å². The number of aromatic nitrogens is 2. The number of hydrogen-bond acceptors (Lipinski definition) is 2. The van der Waals surface area contributed by atoms with Crippen LogP contribution in [0.4, 0.5) is 0 Å². The second kappa shape index (κ2) is 10.6. The molecule has 140 valence electrons. The first-order valence-electron chi connectivity index (χ1n) is 8.77. The van der Waals surface area contributed by atoms with E-state index in [4.69, 9.17) is 27.9 Å². The zero-order chi connectivity index (χ0) is 18.9. The van der Waals surface area contributed by atoms with Gasteiger partial charge in [-0.05, 0) is 45.7 Å². The van der Waals surface area contributed by atoms with Gasteiger partial charge in [-0.25, -0.2) is 4.98 Å². The molecule has 0 aliphatic rings. The minimum absolute atomic E-state index is 0.171. The fraction of sp³-hybridized carbons (Fsp3) is 0.381. The summed E-state index contributed by atoms with van der Waals surface area (Å²) in [5.41, 5.74) is 3.61.